The number of unbranched alkanes of at least 4 members (excludes halogenated alkanes) is 1. The summed E-state index contributed by atoms with van der Waals surface area (Å²) in [6, 6.07) is 9.35. The van der Waals surface area contributed by atoms with Crippen LogP contribution in [0.3, 0.4) is 0 Å². The van der Waals surface area contributed by atoms with Crippen LogP contribution in [0, 0.1) is 0 Å². The molecular formula is C18H22N2O3S. The number of imide groups is 1. The smallest absolute Gasteiger partial charge is 0.294 e. The number of benzene rings is 1. The SMILES string of the molecule is CCCCN(CC)C(=O)CN1C(=O)S/C(=C/c2ccccc2)C1=O. The van der Waals surface area contributed by atoms with Gasteiger partial charge >= 0.3 is 0 Å². The van der Waals surface area contributed by atoms with E-state index >= 15 is 0 Å². The van der Waals surface area contributed by atoms with Crippen LogP contribution in [-0.2, 0) is 9.59 Å². The number of amides is 3. The van der Waals surface area contributed by atoms with Crippen LogP contribution in [0.15, 0.2) is 35.2 Å². The lowest BCUT2D eigenvalue weighted by Crippen LogP contribution is -2.42. The molecular weight excluding hydrogens is 324 g/mol. The van der Waals surface area contributed by atoms with Crippen molar-refractivity contribution in [3.8, 4) is 0 Å². The highest BCUT2D eigenvalue weighted by molar-refractivity contribution is 8.18. The molecule has 0 aliphatic carbocycles. The Morgan fingerprint density at radius 1 is 1.21 bits per heavy atom. The molecule has 0 bridgehead atoms. The maximum Gasteiger partial charge on any atom is 0.294 e. The van der Waals surface area contributed by atoms with Crippen LogP contribution in [-0.4, -0.2) is 46.5 Å². The number of thioether (sulfide) groups is 1. The van der Waals surface area contributed by atoms with E-state index in [1.54, 1.807) is 11.0 Å². The van der Waals surface area contributed by atoms with Gasteiger partial charge in [-0.05, 0) is 36.7 Å². The van der Waals surface area contributed by atoms with E-state index < -0.39 is 5.91 Å². The van der Waals surface area contributed by atoms with Crippen LogP contribution in [0.4, 0.5) is 4.79 Å². The normalized spacial score (nSPS) is 16.1. The molecule has 0 N–H and O–H groups in total. The lowest BCUT2D eigenvalue weighted by molar-refractivity contribution is -0.135. The first-order valence-electron chi connectivity index (χ1n) is 8.15. The van der Waals surface area contributed by atoms with Gasteiger partial charge in [-0.15, -0.1) is 0 Å². The van der Waals surface area contributed by atoms with Crippen molar-refractivity contribution in [1.29, 1.82) is 0 Å². The van der Waals surface area contributed by atoms with Gasteiger partial charge in [0.2, 0.25) is 5.91 Å². The van der Waals surface area contributed by atoms with Crippen LogP contribution < -0.4 is 0 Å². The monoisotopic (exact) mass is 346 g/mol. The molecule has 6 heteroatoms. The number of hydrogen-bond acceptors (Lipinski definition) is 4. The first kappa shape index (κ1) is 18.3. The van der Waals surface area contributed by atoms with E-state index in [1.807, 2.05) is 37.3 Å². The molecule has 128 valence electrons. The molecule has 3 amide bonds. The Morgan fingerprint density at radius 3 is 2.54 bits per heavy atom. The second-order valence-corrected chi connectivity index (χ2v) is 6.50. The van der Waals surface area contributed by atoms with Gasteiger partial charge in [-0.1, -0.05) is 43.7 Å². The molecule has 0 saturated carbocycles. The van der Waals surface area contributed by atoms with E-state index in [9.17, 15) is 14.4 Å². The fourth-order valence-corrected chi connectivity index (χ4v) is 3.22. The van der Waals surface area contributed by atoms with Crippen LogP contribution in [0.25, 0.3) is 6.08 Å². The number of likely N-dealkylation sites (N-methyl/N-ethyl adjacent to an activating group) is 1. The molecule has 1 aromatic carbocycles. The van der Waals surface area contributed by atoms with Gasteiger partial charge in [0.25, 0.3) is 11.1 Å². The van der Waals surface area contributed by atoms with Crippen molar-refractivity contribution in [3.05, 3.63) is 40.8 Å². The lowest BCUT2D eigenvalue weighted by Gasteiger charge is -2.22. The minimum atomic E-state index is -0.395. The van der Waals surface area contributed by atoms with E-state index in [2.05, 4.69) is 6.92 Å². The maximum absolute atomic E-state index is 12.4. The summed E-state index contributed by atoms with van der Waals surface area (Å²) in [4.78, 5) is 40.0. The van der Waals surface area contributed by atoms with Gasteiger partial charge in [0.15, 0.2) is 0 Å². The summed E-state index contributed by atoms with van der Waals surface area (Å²) in [5, 5.41) is -0.387. The van der Waals surface area contributed by atoms with Crippen molar-refractivity contribution in [3.63, 3.8) is 0 Å². The Labute approximate surface area is 146 Å². The van der Waals surface area contributed by atoms with Crippen LogP contribution >= 0.6 is 11.8 Å². The minimum Gasteiger partial charge on any atom is -0.341 e. The summed E-state index contributed by atoms with van der Waals surface area (Å²) in [5.41, 5.74) is 0.854. The van der Waals surface area contributed by atoms with E-state index in [0.717, 1.165) is 35.1 Å². The van der Waals surface area contributed by atoms with Crippen LogP contribution in [0.5, 0.6) is 0 Å². The molecule has 1 fully saturated rings. The first-order chi connectivity index (χ1) is 11.6. The van der Waals surface area contributed by atoms with Crippen molar-refractivity contribution >= 4 is 34.9 Å². The predicted octanol–water partition coefficient (Wildman–Crippen LogP) is 3.37. The first-order valence-corrected chi connectivity index (χ1v) is 8.96. The predicted molar refractivity (Wildman–Crippen MR) is 96.3 cm³/mol. The zero-order chi connectivity index (χ0) is 17.5. The lowest BCUT2D eigenvalue weighted by atomic mass is 10.2. The molecule has 0 atom stereocenters. The van der Waals surface area contributed by atoms with Gasteiger partial charge in [-0.25, -0.2) is 0 Å². The molecule has 0 spiro atoms. The fourth-order valence-electron chi connectivity index (χ4n) is 2.38. The molecule has 5 nitrogen and oxygen atoms in total. The Bertz CT molecular complexity index is 643. The third-order valence-electron chi connectivity index (χ3n) is 3.78. The third-order valence-corrected chi connectivity index (χ3v) is 4.69. The standard InChI is InChI=1S/C18H22N2O3S/c1-3-5-11-19(4-2)16(21)13-20-17(22)15(24-18(20)23)12-14-9-7-6-8-10-14/h6-10,12H,3-5,11,13H2,1-2H3/b15-12+. The van der Waals surface area contributed by atoms with E-state index in [0.29, 0.717) is 18.0 Å². The van der Waals surface area contributed by atoms with Gasteiger partial charge in [-0.3, -0.25) is 19.3 Å². The maximum atomic E-state index is 12.4. The van der Waals surface area contributed by atoms with E-state index in [1.165, 1.54) is 0 Å². The summed E-state index contributed by atoms with van der Waals surface area (Å²) >= 11 is 0.884. The quantitative estimate of drug-likeness (QED) is 0.710. The average Bonchev–Trinajstić information content (AvgIpc) is 2.84. The zero-order valence-electron chi connectivity index (χ0n) is 14.0. The van der Waals surface area contributed by atoms with E-state index in [4.69, 9.17) is 0 Å². The van der Waals surface area contributed by atoms with E-state index in [-0.39, 0.29) is 17.7 Å². The van der Waals surface area contributed by atoms with Gasteiger partial charge in [0, 0.05) is 13.1 Å². The highest BCUT2D eigenvalue weighted by atomic mass is 32.2. The molecule has 0 aromatic heterocycles. The minimum absolute atomic E-state index is 0.186. The summed E-state index contributed by atoms with van der Waals surface area (Å²) in [5.74, 6) is -0.581. The van der Waals surface area contributed by atoms with Gasteiger partial charge in [0.1, 0.15) is 6.54 Å². The molecule has 1 aliphatic rings. The van der Waals surface area contributed by atoms with Crippen molar-refractivity contribution < 1.29 is 14.4 Å². The zero-order valence-corrected chi connectivity index (χ0v) is 14.8. The van der Waals surface area contributed by atoms with Crippen molar-refractivity contribution in [2.24, 2.45) is 0 Å². The number of carbonyl (C=O) groups excluding carboxylic acids is 3. The second kappa shape index (κ2) is 8.68. The average molecular weight is 346 g/mol. The number of rotatable bonds is 7. The van der Waals surface area contributed by atoms with Crippen LogP contribution in [0.1, 0.15) is 32.3 Å². The van der Waals surface area contributed by atoms with Crippen molar-refractivity contribution in [2.75, 3.05) is 19.6 Å². The number of nitrogens with zero attached hydrogens (tertiary/aromatic N) is 2. The van der Waals surface area contributed by atoms with Crippen LogP contribution in [0.2, 0.25) is 0 Å². The highest BCUT2D eigenvalue weighted by Gasteiger charge is 2.36. The topological polar surface area (TPSA) is 57.7 Å². The highest BCUT2D eigenvalue weighted by Crippen LogP contribution is 2.32. The number of carbonyl (C=O) groups is 3. The molecule has 0 radical (unpaired) electrons. The Balaban J connectivity index is 2.06. The third kappa shape index (κ3) is 4.47. The Morgan fingerprint density at radius 2 is 1.92 bits per heavy atom. The molecule has 2 rings (SSSR count). The molecule has 1 heterocycles. The number of hydrogen-bond donors (Lipinski definition) is 0. The summed E-state index contributed by atoms with van der Waals surface area (Å²) in [7, 11) is 0. The summed E-state index contributed by atoms with van der Waals surface area (Å²) in [6.45, 7) is 5.00. The Hall–Kier alpha value is -2.08. The van der Waals surface area contributed by atoms with Gasteiger partial charge < -0.3 is 4.90 Å². The molecule has 0 unspecified atom stereocenters. The van der Waals surface area contributed by atoms with Gasteiger partial charge in [0.05, 0.1) is 4.91 Å². The largest absolute Gasteiger partial charge is 0.341 e. The summed E-state index contributed by atoms with van der Waals surface area (Å²) < 4.78 is 0. The summed E-state index contributed by atoms with van der Waals surface area (Å²) in [6.07, 6.45) is 3.59. The van der Waals surface area contributed by atoms with Crippen molar-refractivity contribution in [1.82, 2.24) is 9.80 Å². The molecule has 24 heavy (non-hydrogen) atoms. The van der Waals surface area contributed by atoms with Crippen molar-refractivity contribution in [2.45, 2.75) is 26.7 Å². The van der Waals surface area contributed by atoms with Gasteiger partial charge in [-0.2, -0.15) is 0 Å². The fraction of sp³-hybridized carbons (Fsp3) is 0.389. The molecule has 1 aromatic rings. The molecule has 1 aliphatic heterocycles. The Kier molecular flexibility index (Phi) is 6.61. The second-order valence-electron chi connectivity index (χ2n) is 5.51. The molecule has 1 saturated heterocycles.